The Kier molecular flexibility index (Phi) is 8.14. The molecule has 0 N–H and O–H groups in total. The average Bonchev–Trinajstić information content (AvgIpc) is 2.58. The van der Waals surface area contributed by atoms with Crippen molar-refractivity contribution in [1.29, 1.82) is 0 Å². The van der Waals surface area contributed by atoms with E-state index in [1.165, 1.54) is 77.0 Å². The van der Waals surface area contributed by atoms with Gasteiger partial charge in [-0.15, -0.1) is 0 Å². The Morgan fingerprint density at radius 2 is 1.55 bits per heavy atom. The summed E-state index contributed by atoms with van der Waals surface area (Å²) in [7, 11) is 0. The topological polar surface area (TPSA) is 0 Å². The van der Waals surface area contributed by atoms with E-state index >= 15 is 0 Å². The Hall–Kier alpha value is -0.700. The van der Waals surface area contributed by atoms with Crippen LogP contribution in [-0.2, 0) is 0 Å². The molecular formula is C22H36. The van der Waals surface area contributed by atoms with Crippen LogP contribution in [0.15, 0.2) is 12.2 Å². The van der Waals surface area contributed by atoms with Crippen molar-refractivity contribution in [3.05, 3.63) is 12.2 Å². The molecule has 0 aromatic carbocycles. The predicted octanol–water partition coefficient (Wildman–Crippen LogP) is 6.76. The van der Waals surface area contributed by atoms with Gasteiger partial charge >= 0.3 is 0 Å². The van der Waals surface area contributed by atoms with Crippen molar-refractivity contribution in [2.24, 2.45) is 23.7 Å². The van der Waals surface area contributed by atoms with Crippen LogP contribution in [0.2, 0.25) is 0 Å². The van der Waals surface area contributed by atoms with Crippen LogP contribution < -0.4 is 0 Å². The number of hydrogen-bond donors (Lipinski definition) is 0. The Labute approximate surface area is 139 Å². The van der Waals surface area contributed by atoms with Crippen molar-refractivity contribution in [2.75, 3.05) is 0 Å². The van der Waals surface area contributed by atoms with Gasteiger partial charge in [-0.05, 0) is 75.2 Å². The number of unbranched alkanes of at least 4 members (excludes halogenated alkanes) is 1. The molecular weight excluding hydrogens is 264 g/mol. The van der Waals surface area contributed by atoms with E-state index in [-0.39, 0.29) is 0 Å². The van der Waals surface area contributed by atoms with E-state index in [2.05, 4.69) is 37.8 Å². The van der Waals surface area contributed by atoms with Crippen molar-refractivity contribution < 1.29 is 0 Å². The molecule has 0 spiro atoms. The fraction of sp³-hybridized carbons (Fsp3) is 0.818. The molecule has 2 aliphatic carbocycles. The molecule has 0 unspecified atom stereocenters. The molecule has 0 heterocycles. The standard InChI is InChI=1S/C22H36/c1-3-5-8-20-15-17-22(18-16-20)10-7-6-9-21-13-11-19(4-2)12-14-21/h6,9,19-22H,3-5,8,11-18H2,1-2H3/b9-6+. The molecule has 0 bridgehead atoms. The number of rotatable bonds is 5. The van der Waals surface area contributed by atoms with Gasteiger partial charge in [0.05, 0.1) is 0 Å². The Bertz CT molecular complexity index is 365. The number of allylic oxidation sites excluding steroid dienone is 2. The van der Waals surface area contributed by atoms with Gasteiger partial charge in [0.15, 0.2) is 0 Å². The van der Waals surface area contributed by atoms with Gasteiger partial charge < -0.3 is 0 Å². The molecule has 0 radical (unpaired) electrons. The second-order valence-corrected chi connectivity index (χ2v) is 7.70. The van der Waals surface area contributed by atoms with E-state index in [4.69, 9.17) is 0 Å². The van der Waals surface area contributed by atoms with Gasteiger partial charge in [0.1, 0.15) is 0 Å². The average molecular weight is 301 g/mol. The molecule has 0 nitrogen and oxygen atoms in total. The number of hydrogen-bond acceptors (Lipinski definition) is 0. The highest BCUT2D eigenvalue weighted by atomic mass is 14.2. The molecule has 2 fully saturated rings. The van der Waals surface area contributed by atoms with Gasteiger partial charge in [-0.3, -0.25) is 0 Å². The highest BCUT2D eigenvalue weighted by Gasteiger charge is 2.19. The van der Waals surface area contributed by atoms with Crippen LogP contribution in [0.3, 0.4) is 0 Å². The molecule has 0 aromatic heterocycles. The first-order chi connectivity index (χ1) is 10.8. The lowest BCUT2D eigenvalue weighted by atomic mass is 9.80. The maximum Gasteiger partial charge on any atom is 0.0206 e. The van der Waals surface area contributed by atoms with Crippen LogP contribution >= 0.6 is 0 Å². The SMILES string of the molecule is CCCCC1CCC(C#C/C=C/C2CCC(CC)CC2)CC1. The molecule has 22 heavy (non-hydrogen) atoms. The van der Waals surface area contributed by atoms with E-state index in [1.54, 1.807) is 0 Å². The van der Waals surface area contributed by atoms with Crippen LogP contribution in [0.5, 0.6) is 0 Å². The van der Waals surface area contributed by atoms with Crippen molar-refractivity contribution in [2.45, 2.75) is 90.9 Å². The minimum Gasteiger partial charge on any atom is -0.0951 e. The zero-order chi connectivity index (χ0) is 15.6. The second-order valence-electron chi connectivity index (χ2n) is 7.70. The molecule has 2 saturated carbocycles. The molecule has 124 valence electrons. The first kappa shape index (κ1) is 17.7. The third-order valence-electron chi connectivity index (χ3n) is 6.02. The molecule has 0 saturated heterocycles. The Balaban J connectivity index is 1.64. The maximum absolute atomic E-state index is 3.52. The van der Waals surface area contributed by atoms with E-state index < -0.39 is 0 Å². The van der Waals surface area contributed by atoms with E-state index in [1.807, 2.05) is 0 Å². The monoisotopic (exact) mass is 300 g/mol. The lowest BCUT2D eigenvalue weighted by Crippen LogP contribution is -2.13. The van der Waals surface area contributed by atoms with E-state index in [9.17, 15) is 0 Å². The van der Waals surface area contributed by atoms with Crippen molar-refractivity contribution in [1.82, 2.24) is 0 Å². The molecule has 0 amide bonds. The molecule has 2 rings (SSSR count). The summed E-state index contributed by atoms with van der Waals surface area (Å²) >= 11 is 0. The second kappa shape index (κ2) is 10.1. The Morgan fingerprint density at radius 1 is 0.864 bits per heavy atom. The van der Waals surface area contributed by atoms with Crippen LogP contribution in [0.25, 0.3) is 0 Å². The summed E-state index contributed by atoms with van der Waals surface area (Å²) in [5, 5.41) is 0. The molecule has 0 aromatic rings. The van der Waals surface area contributed by atoms with Gasteiger partial charge in [0, 0.05) is 5.92 Å². The van der Waals surface area contributed by atoms with Crippen LogP contribution in [0.4, 0.5) is 0 Å². The van der Waals surface area contributed by atoms with Gasteiger partial charge in [-0.25, -0.2) is 0 Å². The van der Waals surface area contributed by atoms with Crippen LogP contribution in [-0.4, -0.2) is 0 Å². The summed E-state index contributed by atoms with van der Waals surface area (Å²) in [5.41, 5.74) is 0. The van der Waals surface area contributed by atoms with Crippen molar-refractivity contribution in [3.63, 3.8) is 0 Å². The fourth-order valence-corrected chi connectivity index (χ4v) is 4.23. The minimum absolute atomic E-state index is 0.679. The predicted molar refractivity (Wildman–Crippen MR) is 97.6 cm³/mol. The normalized spacial score (nSPS) is 32.6. The Morgan fingerprint density at radius 3 is 2.18 bits per heavy atom. The van der Waals surface area contributed by atoms with Gasteiger partial charge in [0.2, 0.25) is 0 Å². The van der Waals surface area contributed by atoms with Crippen molar-refractivity contribution in [3.8, 4) is 11.8 Å². The fourth-order valence-electron chi connectivity index (χ4n) is 4.23. The van der Waals surface area contributed by atoms with Crippen LogP contribution in [0, 0.1) is 35.5 Å². The van der Waals surface area contributed by atoms with Gasteiger partial charge in [0.25, 0.3) is 0 Å². The lowest BCUT2D eigenvalue weighted by Gasteiger charge is -2.25. The van der Waals surface area contributed by atoms with E-state index in [0.29, 0.717) is 5.92 Å². The molecule has 2 aliphatic rings. The first-order valence-electron chi connectivity index (χ1n) is 9.99. The zero-order valence-corrected chi connectivity index (χ0v) is 14.9. The van der Waals surface area contributed by atoms with Crippen molar-refractivity contribution >= 4 is 0 Å². The summed E-state index contributed by atoms with van der Waals surface area (Å²) in [5.74, 6) is 10.4. The summed E-state index contributed by atoms with van der Waals surface area (Å²) in [4.78, 5) is 0. The van der Waals surface area contributed by atoms with Crippen LogP contribution in [0.1, 0.15) is 90.9 Å². The van der Waals surface area contributed by atoms with Gasteiger partial charge in [-0.2, -0.15) is 0 Å². The van der Waals surface area contributed by atoms with Gasteiger partial charge in [-0.1, -0.05) is 57.4 Å². The summed E-state index contributed by atoms with van der Waals surface area (Å²) in [6, 6.07) is 0. The van der Waals surface area contributed by atoms with E-state index in [0.717, 1.165) is 17.8 Å². The zero-order valence-electron chi connectivity index (χ0n) is 14.9. The first-order valence-corrected chi connectivity index (χ1v) is 9.99. The molecule has 0 aliphatic heterocycles. The summed E-state index contributed by atoms with van der Waals surface area (Å²) in [6.07, 6.45) is 21.3. The summed E-state index contributed by atoms with van der Waals surface area (Å²) < 4.78 is 0. The third kappa shape index (κ3) is 6.20. The molecule has 0 atom stereocenters. The highest BCUT2D eigenvalue weighted by molar-refractivity contribution is 5.18. The maximum atomic E-state index is 3.52. The smallest absolute Gasteiger partial charge is 0.0206 e. The summed E-state index contributed by atoms with van der Waals surface area (Å²) in [6.45, 7) is 4.64. The highest BCUT2D eigenvalue weighted by Crippen LogP contribution is 2.32. The largest absolute Gasteiger partial charge is 0.0951 e. The molecule has 0 heteroatoms. The minimum atomic E-state index is 0.679. The quantitative estimate of drug-likeness (QED) is 0.492. The third-order valence-corrected chi connectivity index (χ3v) is 6.02. The lowest BCUT2D eigenvalue weighted by molar-refractivity contribution is 0.296.